The van der Waals surface area contributed by atoms with Crippen molar-refractivity contribution in [2.75, 3.05) is 6.54 Å². The zero-order valence-electron chi connectivity index (χ0n) is 13.7. The average molecular weight is 345 g/mol. The molecule has 24 heavy (non-hydrogen) atoms. The fourth-order valence-electron chi connectivity index (χ4n) is 3.11. The van der Waals surface area contributed by atoms with E-state index in [1.165, 1.54) is 0 Å². The van der Waals surface area contributed by atoms with Crippen LogP contribution in [-0.2, 0) is 11.2 Å². The third-order valence-corrected chi connectivity index (χ3v) is 5.32. The molecule has 2 N–H and O–H groups in total. The Morgan fingerprint density at radius 1 is 1.25 bits per heavy atom. The van der Waals surface area contributed by atoms with Crippen molar-refractivity contribution in [1.82, 2.24) is 15.3 Å². The predicted octanol–water partition coefficient (Wildman–Crippen LogP) is 2.95. The van der Waals surface area contributed by atoms with Crippen molar-refractivity contribution in [2.45, 2.75) is 50.5 Å². The van der Waals surface area contributed by atoms with E-state index in [-0.39, 0.29) is 12.3 Å². The van der Waals surface area contributed by atoms with Gasteiger partial charge in [0.15, 0.2) is 0 Å². The molecule has 6 heteroatoms. The third-order valence-electron chi connectivity index (χ3n) is 4.41. The van der Waals surface area contributed by atoms with E-state index in [4.69, 9.17) is 0 Å². The van der Waals surface area contributed by atoms with Gasteiger partial charge in [-0.1, -0.05) is 25.3 Å². The SMILES string of the molecule is O=C(CC1(O)CCCCC1)NCCc1nc(-c2ccccn2)cs1. The number of aliphatic hydroxyl groups is 1. The molecular formula is C18H23N3O2S. The standard InChI is InChI=1S/C18H23N3O2S/c22-16(12-18(23)8-3-1-4-9-18)20-11-7-17-21-15(13-24-17)14-6-2-5-10-19-14/h2,5-6,10,13,23H,1,3-4,7-9,11-12H2,(H,20,22). The van der Waals surface area contributed by atoms with Crippen LogP contribution in [0.3, 0.4) is 0 Å². The quantitative estimate of drug-likeness (QED) is 0.844. The largest absolute Gasteiger partial charge is 0.389 e. The van der Waals surface area contributed by atoms with E-state index in [0.717, 1.165) is 48.5 Å². The molecule has 1 fully saturated rings. The molecule has 1 saturated carbocycles. The Morgan fingerprint density at radius 3 is 2.83 bits per heavy atom. The lowest BCUT2D eigenvalue weighted by atomic mass is 9.82. The Balaban J connectivity index is 1.45. The molecule has 0 radical (unpaired) electrons. The van der Waals surface area contributed by atoms with Crippen molar-refractivity contribution in [3.8, 4) is 11.4 Å². The van der Waals surface area contributed by atoms with Crippen molar-refractivity contribution in [3.63, 3.8) is 0 Å². The number of hydrogen-bond acceptors (Lipinski definition) is 5. The molecule has 0 aromatic carbocycles. The fourth-order valence-corrected chi connectivity index (χ4v) is 3.91. The first-order valence-electron chi connectivity index (χ1n) is 8.50. The minimum absolute atomic E-state index is 0.0686. The molecule has 0 saturated heterocycles. The van der Waals surface area contributed by atoms with Gasteiger partial charge in [0.2, 0.25) is 5.91 Å². The smallest absolute Gasteiger partial charge is 0.222 e. The van der Waals surface area contributed by atoms with Gasteiger partial charge in [0, 0.05) is 24.5 Å². The highest BCUT2D eigenvalue weighted by Crippen LogP contribution is 2.30. The predicted molar refractivity (Wildman–Crippen MR) is 94.7 cm³/mol. The molecule has 0 aliphatic heterocycles. The van der Waals surface area contributed by atoms with E-state index in [1.807, 2.05) is 23.6 Å². The molecule has 0 atom stereocenters. The number of nitrogens with one attached hydrogen (secondary N) is 1. The van der Waals surface area contributed by atoms with Gasteiger partial charge in [0.25, 0.3) is 0 Å². The zero-order chi connectivity index (χ0) is 16.8. The lowest BCUT2D eigenvalue weighted by Gasteiger charge is -2.31. The number of pyridine rings is 1. The van der Waals surface area contributed by atoms with E-state index >= 15 is 0 Å². The molecule has 128 valence electrons. The van der Waals surface area contributed by atoms with Crippen LogP contribution in [0.1, 0.15) is 43.5 Å². The second-order valence-corrected chi connectivity index (χ2v) is 7.35. The van der Waals surface area contributed by atoms with Gasteiger partial charge < -0.3 is 10.4 Å². The third kappa shape index (κ3) is 4.61. The van der Waals surface area contributed by atoms with Gasteiger partial charge in [0.1, 0.15) is 0 Å². The Kier molecular flexibility index (Phi) is 5.58. The van der Waals surface area contributed by atoms with Gasteiger partial charge in [-0.25, -0.2) is 4.98 Å². The van der Waals surface area contributed by atoms with Crippen LogP contribution in [0, 0.1) is 0 Å². The highest BCUT2D eigenvalue weighted by atomic mass is 32.1. The summed E-state index contributed by atoms with van der Waals surface area (Å²) in [6.45, 7) is 0.546. The summed E-state index contributed by atoms with van der Waals surface area (Å²) >= 11 is 1.58. The molecule has 2 aromatic heterocycles. The number of hydrogen-bond donors (Lipinski definition) is 2. The first-order chi connectivity index (χ1) is 11.6. The van der Waals surface area contributed by atoms with Crippen LogP contribution in [0.4, 0.5) is 0 Å². The first-order valence-corrected chi connectivity index (χ1v) is 9.37. The molecule has 2 heterocycles. The van der Waals surface area contributed by atoms with Crippen LogP contribution in [-0.4, -0.2) is 33.1 Å². The van der Waals surface area contributed by atoms with E-state index < -0.39 is 5.60 Å². The number of amides is 1. The normalized spacial score (nSPS) is 16.7. The van der Waals surface area contributed by atoms with Crippen molar-refractivity contribution in [1.29, 1.82) is 0 Å². The summed E-state index contributed by atoms with van der Waals surface area (Å²) in [5, 5.41) is 16.3. The monoisotopic (exact) mass is 345 g/mol. The summed E-state index contributed by atoms with van der Waals surface area (Å²) in [4.78, 5) is 20.9. The number of carbonyl (C=O) groups excluding carboxylic acids is 1. The molecule has 1 aliphatic carbocycles. The highest BCUT2D eigenvalue weighted by Gasteiger charge is 2.31. The summed E-state index contributed by atoms with van der Waals surface area (Å²) in [7, 11) is 0. The topological polar surface area (TPSA) is 75.1 Å². The highest BCUT2D eigenvalue weighted by molar-refractivity contribution is 7.09. The maximum Gasteiger partial charge on any atom is 0.222 e. The maximum absolute atomic E-state index is 12.0. The number of thiazole rings is 1. The second-order valence-electron chi connectivity index (χ2n) is 6.40. The second kappa shape index (κ2) is 7.85. The summed E-state index contributed by atoms with van der Waals surface area (Å²) < 4.78 is 0. The van der Waals surface area contributed by atoms with Crippen molar-refractivity contribution in [2.24, 2.45) is 0 Å². The van der Waals surface area contributed by atoms with Gasteiger partial charge in [-0.05, 0) is 25.0 Å². The molecule has 3 rings (SSSR count). The lowest BCUT2D eigenvalue weighted by molar-refractivity contribution is -0.127. The molecule has 0 bridgehead atoms. The van der Waals surface area contributed by atoms with Crippen molar-refractivity contribution < 1.29 is 9.90 Å². The number of aromatic nitrogens is 2. The van der Waals surface area contributed by atoms with Gasteiger partial charge >= 0.3 is 0 Å². The Labute approximate surface area is 146 Å². The van der Waals surface area contributed by atoms with Gasteiger partial charge in [-0.15, -0.1) is 11.3 Å². The van der Waals surface area contributed by atoms with Crippen LogP contribution in [0.15, 0.2) is 29.8 Å². The number of rotatable bonds is 6. The number of carbonyl (C=O) groups is 1. The molecule has 2 aromatic rings. The van der Waals surface area contributed by atoms with Crippen LogP contribution in [0.25, 0.3) is 11.4 Å². The summed E-state index contributed by atoms with van der Waals surface area (Å²) in [5.74, 6) is -0.0686. The Morgan fingerprint density at radius 2 is 2.08 bits per heavy atom. The lowest BCUT2D eigenvalue weighted by Crippen LogP contribution is -2.38. The van der Waals surface area contributed by atoms with Crippen LogP contribution >= 0.6 is 11.3 Å². The molecule has 1 amide bonds. The Bertz CT molecular complexity index is 666. The molecule has 0 unspecified atom stereocenters. The first kappa shape index (κ1) is 17.0. The zero-order valence-corrected chi connectivity index (χ0v) is 14.5. The minimum atomic E-state index is -0.796. The van der Waals surface area contributed by atoms with E-state index in [9.17, 15) is 9.90 Å². The van der Waals surface area contributed by atoms with Gasteiger partial charge in [-0.3, -0.25) is 9.78 Å². The molecular weight excluding hydrogens is 322 g/mol. The molecule has 0 spiro atoms. The van der Waals surface area contributed by atoms with E-state index in [0.29, 0.717) is 13.0 Å². The van der Waals surface area contributed by atoms with Crippen molar-refractivity contribution >= 4 is 17.2 Å². The van der Waals surface area contributed by atoms with Gasteiger partial charge in [0.05, 0.1) is 28.4 Å². The Hall–Kier alpha value is -1.79. The molecule has 5 nitrogen and oxygen atoms in total. The van der Waals surface area contributed by atoms with Crippen LogP contribution < -0.4 is 5.32 Å². The molecule has 1 aliphatic rings. The maximum atomic E-state index is 12.0. The van der Waals surface area contributed by atoms with E-state index in [2.05, 4.69) is 15.3 Å². The summed E-state index contributed by atoms with van der Waals surface area (Å²) in [6.07, 6.45) is 7.32. The van der Waals surface area contributed by atoms with E-state index in [1.54, 1.807) is 17.5 Å². The van der Waals surface area contributed by atoms with Crippen LogP contribution in [0.2, 0.25) is 0 Å². The van der Waals surface area contributed by atoms with Crippen LogP contribution in [0.5, 0.6) is 0 Å². The number of nitrogens with zero attached hydrogens (tertiary/aromatic N) is 2. The van der Waals surface area contributed by atoms with Crippen molar-refractivity contribution in [3.05, 3.63) is 34.8 Å². The van der Waals surface area contributed by atoms with Gasteiger partial charge in [-0.2, -0.15) is 0 Å². The minimum Gasteiger partial charge on any atom is -0.389 e. The fraction of sp³-hybridized carbons (Fsp3) is 0.500. The summed E-state index contributed by atoms with van der Waals surface area (Å²) in [6, 6.07) is 5.76. The summed E-state index contributed by atoms with van der Waals surface area (Å²) in [5.41, 5.74) is 0.942. The average Bonchev–Trinajstić information content (AvgIpc) is 3.05.